The van der Waals surface area contributed by atoms with E-state index in [1.807, 2.05) is 35.1 Å². The number of anilines is 1. The lowest BCUT2D eigenvalue weighted by molar-refractivity contribution is 0.696. The minimum Gasteiger partial charge on any atom is -0.334 e. The van der Waals surface area contributed by atoms with E-state index in [2.05, 4.69) is 316 Å². The van der Waals surface area contributed by atoms with Crippen molar-refractivity contribution in [2.75, 3.05) is 4.90 Å². The molecule has 0 saturated heterocycles. The highest BCUT2D eigenvalue weighted by atomic mass is 32.1. The lowest BCUT2D eigenvalue weighted by atomic mass is 10.0. The second-order valence-corrected chi connectivity index (χ2v) is 26.0. The maximum atomic E-state index is 5.22. The van der Waals surface area contributed by atoms with Crippen LogP contribution >= 0.6 is 22.7 Å². The smallest absolute Gasteiger partial charge is 0.148 e. The predicted molar refractivity (Wildman–Crippen MR) is 389 cm³/mol. The first-order valence-electron chi connectivity index (χ1n) is 31.2. The summed E-state index contributed by atoms with van der Waals surface area (Å²) in [6.45, 7) is 0. The van der Waals surface area contributed by atoms with Crippen LogP contribution in [0.15, 0.2) is 315 Å². The summed E-state index contributed by atoms with van der Waals surface area (Å²) in [6.07, 6.45) is 12.5. The zero-order valence-corrected chi connectivity index (χ0v) is 51.2. The number of para-hydroxylation sites is 3. The van der Waals surface area contributed by atoms with Gasteiger partial charge in [-0.05, 0) is 132 Å². The zero-order valence-electron chi connectivity index (χ0n) is 49.5. The van der Waals surface area contributed by atoms with Gasteiger partial charge in [-0.3, -0.25) is 15.0 Å². The Balaban J connectivity index is 0.000000132. The Kier molecular flexibility index (Phi) is 12.0. The number of hydrogen-bond donors (Lipinski definition) is 0. The largest absolute Gasteiger partial charge is 0.334 e. The van der Waals surface area contributed by atoms with Crippen LogP contribution in [0.3, 0.4) is 0 Å². The van der Waals surface area contributed by atoms with Gasteiger partial charge in [0.2, 0.25) is 0 Å². The van der Waals surface area contributed by atoms with Gasteiger partial charge in [-0.2, -0.15) is 0 Å². The van der Waals surface area contributed by atoms with E-state index in [0.29, 0.717) is 0 Å². The summed E-state index contributed by atoms with van der Waals surface area (Å²) in [4.78, 5) is 17.9. The molecule has 7 aromatic heterocycles. The van der Waals surface area contributed by atoms with E-state index >= 15 is 0 Å². The van der Waals surface area contributed by atoms with Gasteiger partial charge in [0.25, 0.3) is 0 Å². The quantitative estimate of drug-likeness (QED) is 0.160. The molecule has 20 rings (SSSR count). The first-order valence-corrected chi connectivity index (χ1v) is 32.8. The Morgan fingerprint density at radius 1 is 0.304 bits per heavy atom. The average molecular weight is 1210 g/mol. The zero-order chi connectivity index (χ0) is 60.4. The van der Waals surface area contributed by atoms with Gasteiger partial charge in [0.15, 0.2) is 0 Å². The highest BCUT2D eigenvalue weighted by Crippen LogP contribution is 2.45. The van der Waals surface area contributed by atoms with E-state index < -0.39 is 0 Å². The van der Waals surface area contributed by atoms with E-state index in [1.54, 1.807) is 0 Å². The maximum Gasteiger partial charge on any atom is 0.148 e. The van der Waals surface area contributed by atoms with Gasteiger partial charge in [-0.15, -0.1) is 22.7 Å². The summed E-state index contributed by atoms with van der Waals surface area (Å²) in [5, 5.41) is 10.1. The number of rotatable bonds is 7. The van der Waals surface area contributed by atoms with Crippen molar-refractivity contribution in [2.45, 2.75) is 12.2 Å². The molecule has 2 unspecified atom stereocenters. The highest BCUT2D eigenvalue weighted by Gasteiger charge is 2.36. The molecule has 0 bridgehead atoms. The van der Waals surface area contributed by atoms with E-state index in [9.17, 15) is 0 Å². The SMILES string of the molecule is C1=CC2=NC(c3ccc(-n4c5cc6sc7ccccc7c6cc5c5ncc(-c6ccccc6)cc54)cc3)N(c3ccccc3)C2C=C1.c1ccc(-c2cnc3c4cc5c(cc4n(-c4ccc(-n6c7ccccc7c7ccccc76)cc4)c3c2)sc2ccccc25)cc1. The Bertz CT molecular complexity index is 6010. The molecule has 1 aliphatic carbocycles. The Morgan fingerprint density at radius 3 is 1.25 bits per heavy atom. The van der Waals surface area contributed by atoms with E-state index in [-0.39, 0.29) is 12.2 Å². The molecule has 0 N–H and O–H groups in total. The monoisotopic (exact) mass is 1210 g/mol. The van der Waals surface area contributed by atoms with Gasteiger partial charge in [-0.25, -0.2) is 0 Å². The van der Waals surface area contributed by atoms with Gasteiger partial charge in [-0.1, -0.05) is 182 Å². The van der Waals surface area contributed by atoms with Crippen LogP contribution in [0.2, 0.25) is 0 Å². The molecule has 0 saturated carbocycles. The second kappa shape index (κ2) is 21.1. The lowest BCUT2D eigenvalue weighted by Crippen LogP contribution is -2.35. The fraction of sp³-hybridized carbons (Fsp3) is 0.0241. The van der Waals surface area contributed by atoms with Crippen LogP contribution in [0.4, 0.5) is 5.69 Å². The van der Waals surface area contributed by atoms with Gasteiger partial charge in [0, 0.05) is 108 Å². The van der Waals surface area contributed by atoms with Crippen LogP contribution in [0.25, 0.3) is 145 Å². The number of hydrogen-bond acceptors (Lipinski definition) is 6. The topological polar surface area (TPSA) is 56.2 Å². The third kappa shape index (κ3) is 8.36. The number of pyridine rings is 2. The Labute approximate surface area is 536 Å². The normalized spacial score (nSPS) is 14.7. The molecular formula is C83H53N7S2. The fourth-order valence-electron chi connectivity index (χ4n) is 14.4. The minimum absolute atomic E-state index is 0.110. The van der Waals surface area contributed by atoms with Crippen molar-refractivity contribution in [1.82, 2.24) is 23.7 Å². The fourth-order valence-corrected chi connectivity index (χ4v) is 16.7. The molecular weight excluding hydrogens is 1160 g/mol. The molecule has 2 aliphatic rings. The third-order valence-corrected chi connectivity index (χ3v) is 20.9. The molecule has 18 aromatic rings. The summed E-state index contributed by atoms with van der Waals surface area (Å²) < 4.78 is 12.3. The van der Waals surface area contributed by atoms with Crippen LogP contribution in [-0.2, 0) is 0 Å². The van der Waals surface area contributed by atoms with Crippen LogP contribution in [0, 0.1) is 0 Å². The number of aliphatic imine (C=N–C) groups is 1. The highest BCUT2D eigenvalue weighted by molar-refractivity contribution is 7.26. The molecule has 9 heteroatoms. The van der Waals surface area contributed by atoms with Crippen molar-refractivity contribution < 1.29 is 0 Å². The first kappa shape index (κ1) is 52.4. The van der Waals surface area contributed by atoms with Crippen molar-refractivity contribution in [3.63, 3.8) is 0 Å². The van der Waals surface area contributed by atoms with Crippen LogP contribution in [-0.4, -0.2) is 35.4 Å². The molecule has 2 atom stereocenters. The van der Waals surface area contributed by atoms with Crippen LogP contribution < -0.4 is 4.90 Å². The lowest BCUT2D eigenvalue weighted by Gasteiger charge is -2.31. The molecule has 0 spiro atoms. The number of thiophene rings is 2. The Morgan fingerprint density at radius 2 is 0.739 bits per heavy atom. The number of benzene rings is 11. The maximum absolute atomic E-state index is 5.22. The van der Waals surface area contributed by atoms with E-state index in [0.717, 1.165) is 78.2 Å². The molecule has 0 radical (unpaired) electrons. The molecule has 92 heavy (non-hydrogen) atoms. The summed E-state index contributed by atoms with van der Waals surface area (Å²) in [5.41, 5.74) is 20.4. The number of allylic oxidation sites excluding steroid dienone is 2. The van der Waals surface area contributed by atoms with Gasteiger partial charge < -0.3 is 18.6 Å². The number of fused-ring (bicyclic) bond motifs is 16. The predicted octanol–water partition coefficient (Wildman–Crippen LogP) is 22.0. The van der Waals surface area contributed by atoms with Crippen molar-refractivity contribution >= 4 is 140 Å². The third-order valence-electron chi connectivity index (χ3n) is 18.7. The van der Waals surface area contributed by atoms with Crippen LogP contribution in [0.5, 0.6) is 0 Å². The van der Waals surface area contributed by atoms with Crippen molar-refractivity contribution in [2.24, 2.45) is 4.99 Å². The van der Waals surface area contributed by atoms with Gasteiger partial charge in [0.1, 0.15) is 6.17 Å². The number of nitrogens with zero attached hydrogens (tertiary/aromatic N) is 7. The van der Waals surface area contributed by atoms with Crippen molar-refractivity contribution in [3.05, 3.63) is 315 Å². The standard InChI is InChI=1S/C42H28N4S.C41H25N3S/c1-3-11-27(12-4-1)29-23-38-41(43-26-29)34-24-33-32-15-7-10-18-39(32)47-40(33)25-37(34)45(38)31-21-19-28(20-22-31)42-44-35-16-8-9-17-36(35)46(42)30-13-5-2-6-14-30;1-2-10-26(11-3-1)27-22-38-41(42-25-27)34-23-33-32-14-6-9-17-39(32)45-40(33)24-37(34)44(38)29-20-18-28(19-21-29)43-35-15-7-4-12-30(35)31-13-5-8-16-36(31)43/h1-26,36,42H;1-25H. The molecule has 11 aromatic carbocycles. The number of aromatic nitrogens is 5. The minimum atomic E-state index is -0.110. The summed E-state index contributed by atoms with van der Waals surface area (Å²) in [6, 6.07) is 98.5. The first-order chi connectivity index (χ1) is 45.6. The molecule has 1 aliphatic heterocycles. The van der Waals surface area contributed by atoms with Crippen molar-refractivity contribution in [1.29, 1.82) is 0 Å². The summed E-state index contributed by atoms with van der Waals surface area (Å²) in [7, 11) is 0. The second-order valence-electron chi connectivity index (χ2n) is 23.9. The average Bonchev–Trinajstić information content (AvgIpc) is 1.60. The van der Waals surface area contributed by atoms with Gasteiger partial charge in [0.05, 0.1) is 55.9 Å². The van der Waals surface area contributed by atoms with Crippen molar-refractivity contribution in [3.8, 4) is 39.3 Å². The molecule has 8 heterocycles. The summed E-state index contributed by atoms with van der Waals surface area (Å²) in [5.74, 6) is 0. The van der Waals surface area contributed by atoms with Crippen LogP contribution in [0.1, 0.15) is 11.7 Å². The van der Waals surface area contributed by atoms with Gasteiger partial charge >= 0.3 is 0 Å². The van der Waals surface area contributed by atoms with E-state index in [4.69, 9.17) is 15.0 Å². The van der Waals surface area contributed by atoms with E-state index in [1.165, 1.54) is 84.1 Å². The molecule has 7 nitrogen and oxygen atoms in total. The molecule has 0 amide bonds. The molecule has 432 valence electrons. The molecule has 0 fully saturated rings. The summed E-state index contributed by atoms with van der Waals surface area (Å²) >= 11 is 3.71. The Hall–Kier alpha value is -11.5.